The van der Waals surface area contributed by atoms with Gasteiger partial charge in [0, 0.05) is 29.2 Å². The van der Waals surface area contributed by atoms with Crippen LogP contribution >= 0.6 is 23.2 Å². The second-order valence-corrected chi connectivity index (χ2v) is 4.77. The van der Waals surface area contributed by atoms with Gasteiger partial charge in [0.05, 0.1) is 0 Å². The van der Waals surface area contributed by atoms with Crippen LogP contribution in [0.4, 0.5) is 5.69 Å². The van der Waals surface area contributed by atoms with Crippen molar-refractivity contribution in [2.24, 2.45) is 0 Å². The standard InChI is InChI=1S/C12H15Cl2N/c1-9-3-2-6-15(9)11-5-4-10(8-13)12(14)7-11/h4-5,7,9H,2-3,6,8H2,1H3. The number of alkyl halides is 1. The minimum Gasteiger partial charge on any atom is -0.369 e. The van der Waals surface area contributed by atoms with Crippen LogP contribution in [-0.4, -0.2) is 12.6 Å². The Labute approximate surface area is 101 Å². The molecular weight excluding hydrogens is 229 g/mol. The van der Waals surface area contributed by atoms with Gasteiger partial charge < -0.3 is 4.90 Å². The molecule has 82 valence electrons. The van der Waals surface area contributed by atoms with Crippen molar-refractivity contribution in [1.29, 1.82) is 0 Å². The minimum absolute atomic E-state index is 0.481. The Morgan fingerprint density at radius 3 is 2.80 bits per heavy atom. The number of halogens is 2. The Kier molecular flexibility index (Phi) is 3.42. The fourth-order valence-corrected chi connectivity index (χ4v) is 2.68. The second-order valence-electron chi connectivity index (χ2n) is 4.09. The van der Waals surface area contributed by atoms with E-state index in [2.05, 4.69) is 17.9 Å². The summed E-state index contributed by atoms with van der Waals surface area (Å²) in [6, 6.07) is 6.80. The Hall–Kier alpha value is -0.400. The van der Waals surface area contributed by atoms with Gasteiger partial charge in [0.2, 0.25) is 0 Å². The lowest BCUT2D eigenvalue weighted by Gasteiger charge is -2.24. The van der Waals surface area contributed by atoms with Crippen molar-refractivity contribution in [3.05, 3.63) is 28.8 Å². The molecule has 2 rings (SSSR count). The zero-order valence-corrected chi connectivity index (χ0v) is 10.4. The number of nitrogens with zero attached hydrogens (tertiary/aromatic N) is 1. The van der Waals surface area contributed by atoms with E-state index < -0.39 is 0 Å². The Balaban J connectivity index is 2.25. The van der Waals surface area contributed by atoms with E-state index in [1.54, 1.807) is 0 Å². The number of anilines is 1. The van der Waals surface area contributed by atoms with Crippen molar-refractivity contribution in [3.63, 3.8) is 0 Å². The molecule has 1 atom stereocenters. The summed E-state index contributed by atoms with van der Waals surface area (Å²) in [6.07, 6.45) is 2.55. The summed E-state index contributed by atoms with van der Waals surface area (Å²) in [5.74, 6) is 0.481. The predicted octanol–water partition coefficient (Wildman–Crippen LogP) is 4.07. The average molecular weight is 244 g/mol. The number of benzene rings is 1. The second kappa shape index (κ2) is 4.63. The average Bonchev–Trinajstić information content (AvgIpc) is 2.64. The molecule has 1 aliphatic rings. The highest BCUT2D eigenvalue weighted by Gasteiger charge is 2.20. The summed E-state index contributed by atoms with van der Waals surface area (Å²) < 4.78 is 0. The maximum absolute atomic E-state index is 6.14. The molecule has 0 saturated carbocycles. The molecule has 0 aliphatic carbocycles. The van der Waals surface area contributed by atoms with E-state index >= 15 is 0 Å². The normalized spacial score (nSPS) is 21.0. The van der Waals surface area contributed by atoms with E-state index in [9.17, 15) is 0 Å². The Bertz CT molecular complexity index is 351. The lowest BCUT2D eigenvalue weighted by molar-refractivity contribution is 0.735. The number of hydrogen-bond donors (Lipinski definition) is 0. The van der Waals surface area contributed by atoms with Crippen molar-refractivity contribution in [1.82, 2.24) is 0 Å². The first-order valence-electron chi connectivity index (χ1n) is 5.33. The van der Waals surface area contributed by atoms with Crippen molar-refractivity contribution in [2.75, 3.05) is 11.4 Å². The molecule has 0 bridgehead atoms. The first-order valence-corrected chi connectivity index (χ1v) is 6.24. The fraction of sp³-hybridized carbons (Fsp3) is 0.500. The molecule has 1 nitrogen and oxygen atoms in total. The first kappa shape index (κ1) is 11.1. The van der Waals surface area contributed by atoms with Crippen LogP contribution in [0.3, 0.4) is 0 Å². The molecule has 1 aromatic rings. The van der Waals surface area contributed by atoms with Gasteiger partial charge in [0.15, 0.2) is 0 Å². The van der Waals surface area contributed by atoms with Gasteiger partial charge in [-0.05, 0) is 37.5 Å². The molecule has 0 N–H and O–H groups in total. The molecule has 1 aromatic carbocycles. The van der Waals surface area contributed by atoms with Crippen LogP contribution in [0.2, 0.25) is 5.02 Å². The predicted molar refractivity (Wildman–Crippen MR) is 67.1 cm³/mol. The third-order valence-corrected chi connectivity index (χ3v) is 3.71. The molecule has 3 heteroatoms. The highest BCUT2D eigenvalue weighted by Crippen LogP contribution is 2.29. The zero-order chi connectivity index (χ0) is 10.8. The molecule has 1 fully saturated rings. The van der Waals surface area contributed by atoms with E-state index in [-0.39, 0.29) is 0 Å². The third kappa shape index (κ3) is 2.24. The van der Waals surface area contributed by atoms with E-state index in [0.29, 0.717) is 11.9 Å². The molecule has 0 aromatic heterocycles. The largest absolute Gasteiger partial charge is 0.369 e. The summed E-state index contributed by atoms with van der Waals surface area (Å²) >= 11 is 11.9. The molecule has 0 radical (unpaired) electrons. The number of rotatable bonds is 2. The quantitative estimate of drug-likeness (QED) is 0.709. The van der Waals surface area contributed by atoms with E-state index in [1.807, 2.05) is 12.1 Å². The SMILES string of the molecule is CC1CCCN1c1ccc(CCl)c(Cl)c1. The van der Waals surface area contributed by atoms with E-state index in [0.717, 1.165) is 17.1 Å². The molecule has 1 unspecified atom stereocenters. The molecule has 0 amide bonds. The summed E-state index contributed by atoms with van der Waals surface area (Å²) in [4.78, 5) is 2.41. The molecule has 1 aliphatic heterocycles. The minimum atomic E-state index is 0.481. The molecule has 1 saturated heterocycles. The lowest BCUT2D eigenvalue weighted by atomic mass is 10.2. The van der Waals surface area contributed by atoms with Crippen LogP contribution in [0.25, 0.3) is 0 Å². The van der Waals surface area contributed by atoms with Gasteiger partial charge in [-0.2, -0.15) is 0 Å². The summed E-state index contributed by atoms with van der Waals surface area (Å²) in [6.45, 7) is 3.40. The number of hydrogen-bond acceptors (Lipinski definition) is 1. The van der Waals surface area contributed by atoms with Crippen LogP contribution in [-0.2, 0) is 5.88 Å². The fourth-order valence-electron chi connectivity index (χ4n) is 2.14. The van der Waals surface area contributed by atoms with Gasteiger partial charge in [-0.15, -0.1) is 11.6 Å². The molecule has 15 heavy (non-hydrogen) atoms. The van der Waals surface area contributed by atoms with Crippen LogP contribution < -0.4 is 4.90 Å². The van der Waals surface area contributed by atoms with Gasteiger partial charge >= 0.3 is 0 Å². The lowest BCUT2D eigenvalue weighted by Crippen LogP contribution is -2.26. The van der Waals surface area contributed by atoms with Crippen molar-refractivity contribution in [3.8, 4) is 0 Å². The van der Waals surface area contributed by atoms with Gasteiger partial charge in [0.25, 0.3) is 0 Å². The van der Waals surface area contributed by atoms with Crippen molar-refractivity contribution >= 4 is 28.9 Å². The van der Waals surface area contributed by atoms with Crippen molar-refractivity contribution < 1.29 is 0 Å². The Morgan fingerprint density at radius 1 is 1.47 bits per heavy atom. The van der Waals surface area contributed by atoms with E-state index in [4.69, 9.17) is 23.2 Å². The van der Waals surface area contributed by atoms with Crippen LogP contribution in [0.5, 0.6) is 0 Å². The van der Waals surface area contributed by atoms with E-state index in [1.165, 1.54) is 18.5 Å². The Morgan fingerprint density at radius 2 is 2.27 bits per heavy atom. The highest BCUT2D eigenvalue weighted by molar-refractivity contribution is 6.32. The monoisotopic (exact) mass is 243 g/mol. The summed E-state index contributed by atoms with van der Waals surface area (Å²) in [7, 11) is 0. The van der Waals surface area contributed by atoms with Gasteiger partial charge in [-0.25, -0.2) is 0 Å². The smallest absolute Gasteiger partial charge is 0.0488 e. The van der Waals surface area contributed by atoms with Gasteiger partial charge in [-0.1, -0.05) is 17.7 Å². The van der Waals surface area contributed by atoms with Gasteiger partial charge in [-0.3, -0.25) is 0 Å². The van der Waals surface area contributed by atoms with Gasteiger partial charge in [0.1, 0.15) is 0 Å². The summed E-state index contributed by atoms with van der Waals surface area (Å²) in [5, 5.41) is 0.779. The first-order chi connectivity index (χ1) is 7.22. The molecule has 1 heterocycles. The third-order valence-electron chi connectivity index (χ3n) is 3.07. The maximum atomic E-state index is 6.14. The van der Waals surface area contributed by atoms with Crippen LogP contribution in [0.15, 0.2) is 18.2 Å². The highest BCUT2D eigenvalue weighted by atomic mass is 35.5. The van der Waals surface area contributed by atoms with Crippen LogP contribution in [0, 0.1) is 0 Å². The topological polar surface area (TPSA) is 3.24 Å². The molecular formula is C12H15Cl2N. The van der Waals surface area contributed by atoms with Crippen LogP contribution in [0.1, 0.15) is 25.3 Å². The van der Waals surface area contributed by atoms with Crippen molar-refractivity contribution in [2.45, 2.75) is 31.7 Å². The zero-order valence-electron chi connectivity index (χ0n) is 8.84. The molecule has 0 spiro atoms. The maximum Gasteiger partial charge on any atom is 0.0488 e. The summed E-state index contributed by atoms with van der Waals surface area (Å²) in [5.41, 5.74) is 2.23.